The maximum Gasteiger partial charge on any atom is 0.264 e. The molecule has 0 saturated carbocycles. The molecule has 0 fully saturated rings. The van der Waals surface area contributed by atoms with E-state index in [-0.39, 0.29) is 18.8 Å². The summed E-state index contributed by atoms with van der Waals surface area (Å²) in [6, 6.07) is 7.61. The van der Waals surface area contributed by atoms with Crippen molar-refractivity contribution in [3.63, 3.8) is 0 Å². The molecule has 0 aliphatic carbocycles. The van der Waals surface area contributed by atoms with Crippen molar-refractivity contribution in [1.82, 2.24) is 0 Å². The van der Waals surface area contributed by atoms with Crippen LogP contribution >= 0.6 is 11.8 Å². The summed E-state index contributed by atoms with van der Waals surface area (Å²) in [5.41, 5.74) is 0.963. The molecular weight excluding hydrogens is 298 g/mol. The predicted octanol–water partition coefficient (Wildman–Crippen LogP) is 2.24. The lowest BCUT2D eigenvalue weighted by atomic mass is 10.0. The van der Waals surface area contributed by atoms with Crippen LogP contribution in [0, 0.1) is 0 Å². The van der Waals surface area contributed by atoms with Gasteiger partial charge in [0.1, 0.15) is 12.1 Å². The molecular formula is C13H17NO4S2. The van der Waals surface area contributed by atoms with Gasteiger partial charge in [0.2, 0.25) is 0 Å². The topological polar surface area (TPSA) is 65.0 Å². The second kappa shape index (κ2) is 6.15. The molecule has 5 nitrogen and oxygen atoms in total. The quantitative estimate of drug-likeness (QED) is 0.616. The summed E-state index contributed by atoms with van der Waals surface area (Å²) in [6.45, 7) is 1.74. The minimum Gasteiger partial charge on any atom is -0.471 e. The van der Waals surface area contributed by atoms with Gasteiger partial charge < -0.3 is 4.74 Å². The van der Waals surface area contributed by atoms with E-state index in [1.807, 2.05) is 30.5 Å². The molecule has 20 heavy (non-hydrogen) atoms. The highest BCUT2D eigenvalue weighted by Crippen LogP contribution is 2.30. The van der Waals surface area contributed by atoms with Crippen LogP contribution in [0.4, 0.5) is 0 Å². The third kappa shape index (κ3) is 3.97. The number of hydrogen-bond acceptors (Lipinski definition) is 6. The first-order chi connectivity index (χ1) is 9.39. The predicted molar refractivity (Wildman–Crippen MR) is 79.7 cm³/mol. The molecule has 0 unspecified atom stereocenters. The normalized spacial score (nSPS) is 22.4. The zero-order chi connectivity index (χ0) is 14.8. The highest BCUT2D eigenvalue weighted by molar-refractivity contribution is 7.98. The fourth-order valence-corrected chi connectivity index (χ4v) is 2.79. The molecule has 2 atom stereocenters. The van der Waals surface area contributed by atoms with Crippen molar-refractivity contribution in [2.24, 2.45) is 4.99 Å². The fourth-order valence-electron chi connectivity index (χ4n) is 2.00. The van der Waals surface area contributed by atoms with E-state index in [9.17, 15) is 8.42 Å². The summed E-state index contributed by atoms with van der Waals surface area (Å²) in [5.74, 6) is 0.547. The van der Waals surface area contributed by atoms with Crippen molar-refractivity contribution in [2.75, 3.05) is 19.1 Å². The van der Waals surface area contributed by atoms with E-state index in [1.54, 1.807) is 18.7 Å². The van der Waals surface area contributed by atoms with Crippen LogP contribution in [0.1, 0.15) is 18.6 Å². The minimum absolute atomic E-state index is 0.00881. The van der Waals surface area contributed by atoms with Gasteiger partial charge >= 0.3 is 0 Å². The van der Waals surface area contributed by atoms with Crippen molar-refractivity contribution < 1.29 is 17.3 Å². The smallest absolute Gasteiger partial charge is 0.264 e. The maximum absolute atomic E-state index is 11.1. The average Bonchev–Trinajstić information content (AvgIpc) is 2.77. The molecule has 0 radical (unpaired) electrons. The second-order valence-electron chi connectivity index (χ2n) is 4.52. The molecule has 1 aliphatic rings. The lowest BCUT2D eigenvalue weighted by molar-refractivity contribution is 0.161. The van der Waals surface area contributed by atoms with E-state index in [1.165, 1.54) is 0 Å². The summed E-state index contributed by atoms with van der Waals surface area (Å²) < 4.78 is 32.7. The Kier molecular flexibility index (Phi) is 4.72. The number of nitrogens with zero attached hydrogens (tertiary/aromatic N) is 1. The van der Waals surface area contributed by atoms with Crippen molar-refractivity contribution in [3.05, 3.63) is 29.8 Å². The molecule has 1 aliphatic heterocycles. The molecule has 110 valence electrons. The van der Waals surface area contributed by atoms with Gasteiger partial charge in [0.25, 0.3) is 10.1 Å². The van der Waals surface area contributed by atoms with Crippen molar-refractivity contribution in [3.8, 4) is 0 Å². The molecule has 0 N–H and O–H groups in total. The van der Waals surface area contributed by atoms with Crippen LogP contribution in [0.3, 0.4) is 0 Å². The SMILES string of the molecule is CSc1ccc([C@H]2OC(C)=N[C@@H]2COS(C)(=O)=O)cc1. The van der Waals surface area contributed by atoms with Gasteiger partial charge in [-0.1, -0.05) is 12.1 Å². The summed E-state index contributed by atoms with van der Waals surface area (Å²) in [7, 11) is -3.47. The molecule has 1 aromatic carbocycles. The largest absolute Gasteiger partial charge is 0.471 e. The Labute approximate surface area is 123 Å². The van der Waals surface area contributed by atoms with E-state index in [0.29, 0.717) is 5.90 Å². The van der Waals surface area contributed by atoms with Crippen LogP contribution in [0.25, 0.3) is 0 Å². The first-order valence-corrected chi connectivity index (χ1v) is 9.12. The Morgan fingerprint density at radius 3 is 2.55 bits per heavy atom. The zero-order valence-corrected chi connectivity index (χ0v) is 13.2. The molecule has 1 heterocycles. The van der Waals surface area contributed by atoms with Crippen LogP contribution < -0.4 is 0 Å². The van der Waals surface area contributed by atoms with E-state index < -0.39 is 10.1 Å². The average molecular weight is 315 g/mol. The molecule has 0 spiro atoms. The second-order valence-corrected chi connectivity index (χ2v) is 7.04. The van der Waals surface area contributed by atoms with Gasteiger partial charge in [-0.15, -0.1) is 11.8 Å². The third-order valence-electron chi connectivity index (χ3n) is 2.89. The third-order valence-corrected chi connectivity index (χ3v) is 4.20. The van der Waals surface area contributed by atoms with Crippen LogP contribution in [0.15, 0.2) is 34.2 Å². The van der Waals surface area contributed by atoms with Gasteiger partial charge in [0, 0.05) is 11.8 Å². The highest BCUT2D eigenvalue weighted by atomic mass is 32.2. The van der Waals surface area contributed by atoms with E-state index in [2.05, 4.69) is 4.99 Å². The Morgan fingerprint density at radius 1 is 1.35 bits per heavy atom. The minimum atomic E-state index is -3.47. The Bertz CT molecular complexity index is 595. The number of hydrogen-bond donors (Lipinski definition) is 0. The van der Waals surface area contributed by atoms with Crippen molar-refractivity contribution in [1.29, 1.82) is 0 Å². The van der Waals surface area contributed by atoms with Gasteiger partial charge in [-0.25, -0.2) is 4.99 Å². The van der Waals surface area contributed by atoms with Gasteiger partial charge in [-0.05, 0) is 24.0 Å². The number of ether oxygens (including phenoxy) is 1. The molecule has 7 heteroatoms. The summed E-state index contributed by atoms with van der Waals surface area (Å²) in [6.07, 6.45) is 2.74. The number of aliphatic imine (C=N–C) groups is 1. The van der Waals surface area contributed by atoms with Crippen LogP contribution in [-0.2, 0) is 19.0 Å². The molecule has 1 aromatic rings. The Hall–Kier alpha value is -1.05. The van der Waals surface area contributed by atoms with Gasteiger partial charge in [0.15, 0.2) is 5.90 Å². The van der Waals surface area contributed by atoms with Crippen LogP contribution in [0.2, 0.25) is 0 Å². The van der Waals surface area contributed by atoms with Crippen molar-refractivity contribution in [2.45, 2.75) is 24.0 Å². The number of benzene rings is 1. The summed E-state index contributed by atoms with van der Waals surface area (Å²) in [4.78, 5) is 5.45. The lowest BCUT2D eigenvalue weighted by Crippen LogP contribution is -2.22. The summed E-state index contributed by atoms with van der Waals surface area (Å²) >= 11 is 1.66. The van der Waals surface area contributed by atoms with Gasteiger partial charge in [-0.2, -0.15) is 8.42 Å². The van der Waals surface area contributed by atoms with E-state index >= 15 is 0 Å². The molecule has 0 saturated heterocycles. The van der Waals surface area contributed by atoms with Crippen LogP contribution in [-0.4, -0.2) is 39.5 Å². The highest BCUT2D eigenvalue weighted by Gasteiger charge is 2.31. The Morgan fingerprint density at radius 2 is 2.00 bits per heavy atom. The lowest BCUT2D eigenvalue weighted by Gasteiger charge is -2.17. The van der Waals surface area contributed by atoms with E-state index in [4.69, 9.17) is 8.92 Å². The van der Waals surface area contributed by atoms with Crippen LogP contribution in [0.5, 0.6) is 0 Å². The summed E-state index contributed by atoms with van der Waals surface area (Å²) in [5, 5.41) is 0. The zero-order valence-electron chi connectivity index (χ0n) is 11.6. The van der Waals surface area contributed by atoms with E-state index in [0.717, 1.165) is 16.7 Å². The standard InChI is InChI=1S/C13H17NO4S2/c1-9-14-12(8-17-20(3,15)16)13(18-9)10-4-6-11(19-2)7-5-10/h4-7,12-13H,8H2,1-3H3/t12-,13-/m1/s1. The molecule has 0 aromatic heterocycles. The van der Waals surface area contributed by atoms with Gasteiger partial charge in [0.05, 0.1) is 12.9 Å². The molecule has 0 amide bonds. The van der Waals surface area contributed by atoms with Gasteiger partial charge in [-0.3, -0.25) is 4.18 Å². The number of thioether (sulfide) groups is 1. The molecule has 2 rings (SSSR count). The monoisotopic (exact) mass is 315 g/mol. The molecule has 0 bridgehead atoms. The first kappa shape index (κ1) is 15.3. The Balaban J connectivity index is 2.12. The first-order valence-electron chi connectivity index (χ1n) is 6.08. The maximum atomic E-state index is 11.1. The fraction of sp³-hybridized carbons (Fsp3) is 0.462. The van der Waals surface area contributed by atoms with Crippen molar-refractivity contribution >= 4 is 27.8 Å². The number of rotatable bonds is 5.